The number of amidine groups is 1. The van der Waals surface area contributed by atoms with Crippen LogP contribution in [-0.4, -0.2) is 23.9 Å². The van der Waals surface area contributed by atoms with Gasteiger partial charge in [-0.25, -0.2) is 9.37 Å². The van der Waals surface area contributed by atoms with Crippen molar-refractivity contribution in [2.24, 2.45) is 5.73 Å². The maximum absolute atomic E-state index is 12.6. The molecule has 0 unspecified atom stereocenters. The lowest BCUT2D eigenvalue weighted by Gasteiger charge is -2.21. The van der Waals surface area contributed by atoms with Gasteiger partial charge < -0.3 is 10.6 Å². The minimum atomic E-state index is -0.346. The Morgan fingerprint density at radius 2 is 2.33 bits per heavy atom. The molecule has 0 amide bonds. The third-order valence-electron chi connectivity index (χ3n) is 2.07. The molecule has 0 saturated carbocycles. The average Bonchev–Trinajstić information content (AvgIpc) is 2.21. The van der Waals surface area contributed by atoms with Crippen LogP contribution in [0.4, 0.5) is 10.2 Å². The normalized spacial score (nSPS) is 10.0. The van der Waals surface area contributed by atoms with Gasteiger partial charge in [0.1, 0.15) is 11.6 Å². The van der Waals surface area contributed by atoms with Crippen LogP contribution in [0.2, 0.25) is 0 Å². The van der Waals surface area contributed by atoms with Gasteiger partial charge in [0.05, 0.1) is 12.0 Å². The van der Waals surface area contributed by atoms with E-state index in [2.05, 4.69) is 4.98 Å². The van der Waals surface area contributed by atoms with E-state index in [4.69, 9.17) is 11.1 Å². The van der Waals surface area contributed by atoms with Crippen LogP contribution in [0.1, 0.15) is 13.3 Å². The second kappa shape index (κ2) is 5.29. The quantitative estimate of drug-likeness (QED) is 0.570. The van der Waals surface area contributed by atoms with E-state index in [9.17, 15) is 4.39 Å². The first-order chi connectivity index (χ1) is 7.13. The Kier molecular flexibility index (Phi) is 4.03. The van der Waals surface area contributed by atoms with E-state index in [1.807, 2.05) is 11.8 Å². The summed E-state index contributed by atoms with van der Waals surface area (Å²) in [6.45, 7) is 3.36. The minimum absolute atomic E-state index is 0.149. The molecule has 0 saturated heterocycles. The lowest BCUT2D eigenvalue weighted by molar-refractivity contribution is 0.620. The van der Waals surface area contributed by atoms with Gasteiger partial charge in [-0.05, 0) is 19.1 Å². The van der Waals surface area contributed by atoms with Crippen molar-refractivity contribution >= 4 is 11.7 Å². The number of nitrogens with zero attached hydrogens (tertiary/aromatic N) is 2. The molecular formula is C10H15FN4. The summed E-state index contributed by atoms with van der Waals surface area (Å²) < 4.78 is 12.6. The van der Waals surface area contributed by atoms with Crippen LogP contribution in [-0.2, 0) is 0 Å². The van der Waals surface area contributed by atoms with Gasteiger partial charge in [-0.1, -0.05) is 0 Å². The summed E-state index contributed by atoms with van der Waals surface area (Å²) in [5, 5.41) is 7.13. The Labute approximate surface area is 88.4 Å². The third kappa shape index (κ3) is 3.53. The van der Waals surface area contributed by atoms with Crippen molar-refractivity contribution in [2.75, 3.05) is 18.0 Å². The zero-order chi connectivity index (χ0) is 11.3. The fraction of sp³-hybridized carbons (Fsp3) is 0.400. The van der Waals surface area contributed by atoms with E-state index in [0.29, 0.717) is 18.8 Å². The number of hydrogen-bond donors (Lipinski definition) is 2. The van der Waals surface area contributed by atoms with Crippen molar-refractivity contribution < 1.29 is 4.39 Å². The molecule has 15 heavy (non-hydrogen) atoms. The molecular weight excluding hydrogens is 195 g/mol. The van der Waals surface area contributed by atoms with Gasteiger partial charge in [-0.15, -0.1) is 0 Å². The predicted octanol–water partition coefficient (Wildman–Crippen LogP) is 1.37. The van der Waals surface area contributed by atoms with Crippen molar-refractivity contribution in [1.82, 2.24) is 4.98 Å². The van der Waals surface area contributed by atoms with E-state index in [0.717, 1.165) is 6.54 Å². The fourth-order valence-corrected chi connectivity index (χ4v) is 1.25. The molecule has 3 N–H and O–H groups in total. The zero-order valence-electron chi connectivity index (χ0n) is 8.70. The topological polar surface area (TPSA) is 66.0 Å². The van der Waals surface area contributed by atoms with Gasteiger partial charge in [-0.2, -0.15) is 0 Å². The van der Waals surface area contributed by atoms with Gasteiger partial charge in [-0.3, -0.25) is 5.41 Å². The van der Waals surface area contributed by atoms with Gasteiger partial charge in [0.2, 0.25) is 0 Å². The smallest absolute Gasteiger partial charge is 0.141 e. The first kappa shape index (κ1) is 11.4. The van der Waals surface area contributed by atoms with E-state index in [1.165, 1.54) is 12.3 Å². The van der Waals surface area contributed by atoms with Crippen molar-refractivity contribution in [3.63, 3.8) is 0 Å². The molecule has 0 aliphatic rings. The van der Waals surface area contributed by atoms with Gasteiger partial charge in [0.15, 0.2) is 0 Å². The Morgan fingerprint density at radius 1 is 1.60 bits per heavy atom. The molecule has 1 heterocycles. The summed E-state index contributed by atoms with van der Waals surface area (Å²) in [6, 6.07) is 3.00. The van der Waals surface area contributed by atoms with Gasteiger partial charge in [0, 0.05) is 19.5 Å². The first-order valence-electron chi connectivity index (χ1n) is 4.83. The van der Waals surface area contributed by atoms with Crippen LogP contribution in [0.25, 0.3) is 0 Å². The molecule has 0 fully saturated rings. The van der Waals surface area contributed by atoms with Crippen LogP contribution in [0.3, 0.4) is 0 Å². The lowest BCUT2D eigenvalue weighted by atomic mass is 10.3. The standard InChI is InChI=1S/C10H15FN4/c1-2-15(6-5-9(12)13)10-4-3-8(11)7-14-10/h3-4,7H,2,5-6H2,1H3,(H3,12,13). The molecule has 0 aliphatic carbocycles. The highest BCUT2D eigenvalue weighted by Gasteiger charge is 2.05. The second-order valence-corrected chi connectivity index (χ2v) is 3.19. The molecule has 4 nitrogen and oxygen atoms in total. The van der Waals surface area contributed by atoms with Gasteiger partial charge >= 0.3 is 0 Å². The van der Waals surface area contributed by atoms with E-state index < -0.39 is 0 Å². The van der Waals surface area contributed by atoms with Crippen LogP contribution < -0.4 is 10.6 Å². The highest BCUT2D eigenvalue weighted by atomic mass is 19.1. The van der Waals surface area contributed by atoms with Crippen molar-refractivity contribution in [2.45, 2.75) is 13.3 Å². The predicted molar refractivity (Wildman–Crippen MR) is 58.6 cm³/mol. The molecule has 1 aromatic rings. The molecule has 1 aromatic heterocycles. The monoisotopic (exact) mass is 210 g/mol. The van der Waals surface area contributed by atoms with Crippen molar-refractivity contribution in [3.05, 3.63) is 24.1 Å². The first-order valence-corrected chi connectivity index (χ1v) is 4.83. The van der Waals surface area contributed by atoms with Crippen molar-refractivity contribution in [3.8, 4) is 0 Å². The minimum Gasteiger partial charge on any atom is -0.388 e. The molecule has 0 aliphatic heterocycles. The summed E-state index contributed by atoms with van der Waals surface area (Å²) >= 11 is 0. The largest absolute Gasteiger partial charge is 0.388 e. The van der Waals surface area contributed by atoms with Crippen LogP contribution >= 0.6 is 0 Å². The SMILES string of the molecule is CCN(CCC(=N)N)c1ccc(F)cn1. The summed E-state index contributed by atoms with van der Waals surface area (Å²) in [7, 11) is 0. The van der Waals surface area contributed by atoms with E-state index in [1.54, 1.807) is 6.07 Å². The maximum Gasteiger partial charge on any atom is 0.141 e. The molecule has 0 spiro atoms. The lowest BCUT2D eigenvalue weighted by Crippen LogP contribution is -2.28. The zero-order valence-corrected chi connectivity index (χ0v) is 8.70. The molecule has 0 radical (unpaired) electrons. The summed E-state index contributed by atoms with van der Waals surface area (Å²) in [6.07, 6.45) is 1.68. The van der Waals surface area contributed by atoms with E-state index >= 15 is 0 Å². The van der Waals surface area contributed by atoms with Crippen LogP contribution in [0.5, 0.6) is 0 Å². The Morgan fingerprint density at radius 3 is 2.80 bits per heavy atom. The summed E-state index contributed by atoms with van der Waals surface area (Å²) in [5.41, 5.74) is 5.27. The maximum atomic E-state index is 12.6. The number of hydrogen-bond acceptors (Lipinski definition) is 3. The Bertz CT molecular complexity index is 323. The number of aromatic nitrogens is 1. The molecule has 0 aromatic carbocycles. The molecule has 5 heteroatoms. The van der Waals surface area contributed by atoms with Crippen LogP contribution in [0.15, 0.2) is 18.3 Å². The molecule has 82 valence electrons. The Hall–Kier alpha value is -1.65. The molecule has 0 bridgehead atoms. The molecule has 1 rings (SSSR count). The van der Waals surface area contributed by atoms with E-state index in [-0.39, 0.29) is 11.7 Å². The highest BCUT2D eigenvalue weighted by Crippen LogP contribution is 2.10. The van der Waals surface area contributed by atoms with Gasteiger partial charge in [0.25, 0.3) is 0 Å². The summed E-state index contributed by atoms with van der Waals surface area (Å²) in [4.78, 5) is 5.91. The second-order valence-electron chi connectivity index (χ2n) is 3.19. The number of halogens is 1. The van der Waals surface area contributed by atoms with Crippen LogP contribution in [0, 0.1) is 11.2 Å². The number of nitrogens with two attached hydrogens (primary N) is 1. The highest BCUT2D eigenvalue weighted by molar-refractivity contribution is 5.77. The summed E-state index contributed by atoms with van der Waals surface area (Å²) in [5.74, 6) is 0.511. The number of anilines is 1. The van der Waals surface area contributed by atoms with Crippen molar-refractivity contribution in [1.29, 1.82) is 5.41 Å². The molecule has 0 atom stereocenters. The third-order valence-corrected chi connectivity index (χ3v) is 2.07. The Balaban J connectivity index is 2.65. The average molecular weight is 210 g/mol. The number of pyridine rings is 1. The fourth-order valence-electron chi connectivity index (χ4n) is 1.25. The number of rotatable bonds is 5. The number of nitrogens with one attached hydrogen (secondary N) is 1.